The van der Waals surface area contributed by atoms with Crippen molar-refractivity contribution in [1.29, 1.82) is 0 Å². The SMILES string of the molecule is C1=CCC(C2(c3ccccc3)c3ccccc3-c3ccc(-c4nc(-c5ccccc5)nc(-c5ccccc5)n4)cc32)C=C1. The third kappa shape index (κ3) is 4.16. The maximum Gasteiger partial charge on any atom is 0.164 e. The number of allylic oxidation sites excluding steroid dienone is 4. The van der Waals surface area contributed by atoms with E-state index in [1.807, 2.05) is 36.4 Å². The minimum absolute atomic E-state index is 0.260. The third-order valence-corrected chi connectivity index (χ3v) is 8.81. The lowest BCUT2D eigenvalue weighted by atomic mass is 9.62. The minimum Gasteiger partial charge on any atom is -0.208 e. The molecule has 5 aromatic carbocycles. The summed E-state index contributed by atoms with van der Waals surface area (Å²) in [6.45, 7) is 0. The van der Waals surface area contributed by atoms with Crippen molar-refractivity contribution in [3.05, 3.63) is 174 Å². The molecule has 0 spiro atoms. The van der Waals surface area contributed by atoms with Gasteiger partial charge in [0.1, 0.15) is 0 Å². The molecule has 2 unspecified atom stereocenters. The summed E-state index contributed by atoms with van der Waals surface area (Å²) in [4.78, 5) is 15.0. The molecule has 0 radical (unpaired) electrons. The quantitative estimate of drug-likeness (QED) is 0.214. The van der Waals surface area contributed by atoms with Gasteiger partial charge in [0.25, 0.3) is 0 Å². The first-order valence-electron chi connectivity index (χ1n) is 14.8. The Labute approximate surface area is 252 Å². The van der Waals surface area contributed by atoms with E-state index in [9.17, 15) is 0 Å². The van der Waals surface area contributed by atoms with Crippen molar-refractivity contribution in [3.8, 4) is 45.3 Å². The zero-order chi connectivity index (χ0) is 28.6. The van der Waals surface area contributed by atoms with Crippen molar-refractivity contribution in [2.24, 2.45) is 5.92 Å². The molecule has 0 amide bonds. The van der Waals surface area contributed by atoms with Crippen LogP contribution in [0, 0.1) is 5.92 Å². The molecule has 0 aliphatic heterocycles. The molecule has 0 bridgehead atoms. The average molecular weight is 552 g/mol. The number of aromatic nitrogens is 3. The molecule has 2 aliphatic rings. The van der Waals surface area contributed by atoms with Gasteiger partial charge in [0.2, 0.25) is 0 Å². The van der Waals surface area contributed by atoms with Gasteiger partial charge in [-0.3, -0.25) is 0 Å². The summed E-state index contributed by atoms with van der Waals surface area (Å²) < 4.78 is 0. The largest absolute Gasteiger partial charge is 0.208 e. The number of nitrogens with zero attached hydrogens (tertiary/aromatic N) is 3. The highest BCUT2D eigenvalue weighted by Crippen LogP contribution is 2.58. The van der Waals surface area contributed by atoms with Gasteiger partial charge in [0.15, 0.2) is 17.5 Å². The van der Waals surface area contributed by atoms with Crippen LogP contribution in [0.5, 0.6) is 0 Å². The zero-order valence-electron chi connectivity index (χ0n) is 23.6. The van der Waals surface area contributed by atoms with Gasteiger partial charge in [0, 0.05) is 16.7 Å². The monoisotopic (exact) mass is 551 g/mol. The van der Waals surface area contributed by atoms with Gasteiger partial charge in [0.05, 0.1) is 5.41 Å². The summed E-state index contributed by atoms with van der Waals surface area (Å²) >= 11 is 0. The first-order valence-corrected chi connectivity index (χ1v) is 14.8. The van der Waals surface area contributed by atoms with E-state index >= 15 is 0 Å². The lowest BCUT2D eigenvalue weighted by molar-refractivity contribution is 0.457. The maximum atomic E-state index is 5.06. The Balaban J connectivity index is 1.38. The van der Waals surface area contributed by atoms with Gasteiger partial charge >= 0.3 is 0 Å². The van der Waals surface area contributed by atoms with Gasteiger partial charge in [-0.2, -0.15) is 0 Å². The van der Waals surface area contributed by atoms with Crippen LogP contribution in [-0.2, 0) is 5.41 Å². The summed E-state index contributed by atoms with van der Waals surface area (Å²) in [6.07, 6.45) is 10.0. The van der Waals surface area contributed by atoms with Crippen molar-refractivity contribution in [1.82, 2.24) is 15.0 Å². The standard InChI is InChI=1S/C40H29N3/c1-5-15-28(16-6-1)37-41-38(29-17-7-2-8-18-29)43-39(42-37)30-25-26-34-33-23-13-14-24-35(33)40(36(34)27-30,31-19-9-3-10-20-31)32-21-11-4-12-22-32/h1-21,23-27,32H,22H2. The number of benzene rings is 5. The molecule has 6 aromatic rings. The molecule has 0 saturated carbocycles. The molecule has 43 heavy (non-hydrogen) atoms. The molecule has 1 heterocycles. The van der Waals surface area contributed by atoms with E-state index in [0.717, 1.165) is 23.1 Å². The molecule has 3 heteroatoms. The van der Waals surface area contributed by atoms with Crippen LogP contribution in [0.25, 0.3) is 45.3 Å². The number of fused-ring (bicyclic) bond motifs is 3. The molecule has 0 fully saturated rings. The molecule has 2 atom stereocenters. The van der Waals surface area contributed by atoms with Gasteiger partial charge in [-0.15, -0.1) is 0 Å². The van der Waals surface area contributed by atoms with E-state index in [0.29, 0.717) is 17.5 Å². The molecule has 2 aliphatic carbocycles. The smallest absolute Gasteiger partial charge is 0.164 e. The van der Waals surface area contributed by atoms with E-state index in [4.69, 9.17) is 15.0 Å². The van der Waals surface area contributed by atoms with Gasteiger partial charge < -0.3 is 0 Å². The van der Waals surface area contributed by atoms with Gasteiger partial charge in [-0.1, -0.05) is 152 Å². The van der Waals surface area contributed by atoms with E-state index in [1.165, 1.54) is 27.8 Å². The Hall–Kier alpha value is -5.41. The van der Waals surface area contributed by atoms with E-state index in [-0.39, 0.29) is 11.3 Å². The average Bonchev–Trinajstić information content (AvgIpc) is 3.40. The Morgan fingerprint density at radius 2 is 1.05 bits per heavy atom. The topological polar surface area (TPSA) is 38.7 Å². The molecule has 0 N–H and O–H groups in total. The predicted octanol–water partition coefficient (Wildman–Crippen LogP) is 9.32. The first-order chi connectivity index (χ1) is 21.3. The lowest BCUT2D eigenvalue weighted by Gasteiger charge is -2.39. The highest BCUT2D eigenvalue weighted by Gasteiger charge is 2.49. The highest BCUT2D eigenvalue weighted by molar-refractivity contribution is 5.86. The number of rotatable bonds is 5. The number of hydrogen-bond donors (Lipinski definition) is 0. The fourth-order valence-corrected chi connectivity index (χ4v) is 6.92. The van der Waals surface area contributed by atoms with Crippen LogP contribution in [0.3, 0.4) is 0 Å². The summed E-state index contributed by atoms with van der Waals surface area (Å²) in [6, 6.07) is 47.0. The van der Waals surface area contributed by atoms with Crippen LogP contribution < -0.4 is 0 Å². The second kappa shape index (κ2) is 10.5. The van der Waals surface area contributed by atoms with Crippen LogP contribution in [0.4, 0.5) is 0 Å². The zero-order valence-corrected chi connectivity index (χ0v) is 23.6. The fourth-order valence-electron chi connectivity index (χ4n) is 6.92. The van der Waals surface area contributed by atoms with Crippen LogP contribution >= 0.6 is 0 Å². The van der Waals surface area contributed by atoms with Gasteiger partial charge in [-0.25, -0.2) is 15.0 Å². The van der Waals surface area contributed by atoms with E-state index in [2.05, 4.69) is 121 Å². The molecule has 0 saturated heterocycles. The number of hydrogen-bond acceptors (Lipinski definition) is 3. The maximum absolute atomic E-state index is 5.06. The predicted molar refractivity (Wildman–Crippen MR) is 174 cm³/mol. The second-order valence-electron chi connectivity index (χ2n) is 11.2. The lowest BCUT2D eigenvalue weighted by Crippen LogP contribution is -2.35. The van der Waals surface area contributed by atoms with Crippen molar-refractivity contribution in [2.75, 3.05) is 0 Å². The Bertz CT molecular complexity index is 1940. The molecular weight excluding hydrogens is 522 g/mol. The highest BCUT2D eigenvalue weighted by atomic mass is 15.0. The van der Waals surface area contributed by atoms with E-state index in [1.54, 1.807) is 0 Å². The minimum atomic E-state index is -0.345. The summed E-state index contributed by atoms with van der Waals surface area (Å²) in [5, 5.41) is 0. The third-order valence-electron chi connectivity index (χ3n) is 8.81. The summed E-state index contributed by atoms with van der Waals surface area (Å²) in [5.74, 6) is 2.27. The first kappa shape index (κ1) is 25.3. The molecule has 8 rings (SSSR count). The van der Waals surface area contributed by atoms with Crippen LogP contribution in [0.2, 0.25) is 0 Å². The Kier molecular flexibility index (Phi) is 6.15. The van der Waals surface area contributed by atoms with E-state index < -0.39 is 0 Å². The van der Waals surface area contributed by atoms with Crippen molar-refractivity contribution < 1.29 is 0 Å². The Morgan fingerprint density at radius 1 is 0.488 bits per heavy atom. The molecule has 1 aromatic heterocycles. The Morgan fingerprint density at radius 3 is 1.67 bits per heavy atom. The van der Waals surface area contributed by atoms with Crippen molar-refractivity contribution in [2.45, 2.75) is 11.8 Å². The fraction of sp³-hybridized carbons (Fsp3) is 0.0750. The molecular formula is C40H29N3. The normalized spacial score (nSPS) is 18.3. The second-order valence-corrected chi connectivity index (χ2v) is 11.2. The van der Waals surface area contributed by atoms with Crippen molar-refractivity contribution >= 4 is 0 Å². The molecule has 204 valence electrons. The summed E-state index contributed by atoms with van der Waals surface area (Å²) in [7, 11) is 0. The molecule has 3 nitrogen and oxygen atoms in total. The van der Waals surface area contributed by atoms with Crippen LogP contribution in [0.15, 0.2) is 158 Å². The van der Waals surface area contributed by atoms with Crippen LogP contribution in [-0.4, -0.2) is 15.0 Å². The van der Waals surface area contributed by atoms with Gasteiger partial charge in [-0.05, 0) is 46.2 Å². The summed E-state index contributed by atoms with van der Waals surface area (Å²) in [5.41, 5.74) is 9.08. The van der Waals surface area contributed by atoms with Crippen molar-refractivity contribution in [3.63, 3.8) is 0 Å². The van der Waals surface area contributed by atoms with Crippen LogP contribution in [0.1, 0.15) is 23.1 Å².